The summed E-state index contributed by atoms with van der Waals surface area (Å²) in [5.41, 5.74) is 6.30. The highest BCUT2D eigenvalue weighted by molar-refractivity contribution is 7.80. The number of nitrogens with one attached hydrogen (secondary N) is 3. The molecule has 2 amide bonds. The van der Waals surface area contributed by atoms with Gasteiger partial charge in [0.05, 0.1) is 13.0 Å². The third kappa shape index (κ3) is 7.45. The van der Waals surface area contributed by atoms with E-state index in [9.17, 15) is 9.59 Å². The van der Waals surface area contributed by atoms with Crippen molar-refractivity contribution < 1.29 is 14.3 Å². The van der Waals surface area contributed by atoms with Crippen LogP contribution in [0.1, 0.15) is 29.8 Å². The average molecular weight is 385 g/mol. The molecule has 2 rings (SSSR count). The second kappa shape index (κ2) is 10.3. The van der Waals surface area contributed by atoms with Crippen LogP contribution < -0.4 is 20.9 Å². The summed E-state index contributed by atoms with van der Waals surface area (Å²) in [5.74, 6) is 0.493. The zero-order valence-corrected chi connectivity index (χ0v) is 16.1. The van der Waals surface area contributed by atoms with E-state index in [1.165, 1.54) is 0 Å². The molecular formula is C20H23N3O3S. The fourth-order valence-electron chi connectivity index (χ4n) is 2.12. The normalized spacial score (nSPS) is 10.2. The third-order valence-corrected chi connectivity index (χ3v) is 3.65. The lowest BCUT2D eigenvalue weighted by Crippen LogP contribution is -2.48. The summed E-state index contributed by atoms with van der Waals surface area (Å²) in [6.45, 7) is 4.74. The Kier molecular flexibility index (Phi) is 7.76. The summed E-state index contributed by atoms with van der Waals surface area (Å²) in [6.07, 6.45) is 0.211. The molecule has 2 aromatic carbocycles. The van der Waals surface area contributed by atoms with Crippen molar-refractivity contribution in [2.45, 2.75) is 20.3 Å². The Balaban J connectivity index is 1.76. The lowest BCUT2D eigenvalue weighted by Gasteiger charge is -2.11. The number of hydrazine groups is 1. The molecule has 0 aliphatic rings. The Morgan fingerprint density at radius 3 is 2.30 bits per heavy atom. The summed E-state index contributed by atoms with van der Waals surface area (Å²) in [4.78, 5) is 24.0. The van der Waals surface area contributed by atoms with Crippen LogP contribution >= 0.6 is 12.2 Å². The lowest BCUT2D eigenvalue weighted by atomic mass is 10.1. The number of carbonyl (C=O) groups excluding carboxylic acids is 2. The van der Waals surface area contributed by atoms with Crippen molar-refractivity contribution >= 4 is 29.1 Å². The molecule has 0 unspecified atom stereocenters. The molecule has 0 bridgehead atoms. The topological polar surface area (TPSA) is 79.5 Å². The molecule has 0 radical (unpaired) electrons. The highest BCUT2D eigenvalue weighted by Crippen LogP contribution is 2.13. The number of benzene rings is 2. The zero-order chi connectivity index (χ0) is 19.6. The van der Waals surface area contributed by atoms with E-state index in [4.69, 9.17) is 17.0 Å². The zero-order valence-electron chi connectivity index (χ0n) is 15.3. The Bertz CT molecular complexity index is 777. The van der Waals surface area contributed by atoms with Crippen molar-refractivity contribution in [3.63, 3.8) is 0 Å². The van der Waals surface area contributed by atoms with E-state index < -0.39 is 0 Å². The van der Waals surface area contributed by atoms with Crippen LogP contribution in [0.5, 0.6) is 5.75 Å². The molecule has 0 saturated heterocycles. The van der Waals surface area contributed by atoms with Crippen LogP contribution in [-0.4, -0.2) is 23.5 Å². The number of amides is 2. The number of ether oxygens (including phenoxy) is 1. The van der Waals surface area contributed by atoms with Gasteiger partial charge in [-0.1, -0.05) is 44.2 Å². The van der Waals surface area contributed by atoms with Crippen molar-refractivity contribution in [3.8, 4) is 5.75 Å². The van der Waals surface area contributed by atoms with E-state index in [0.29, 0.717) is 23.8 Å². The highest BCUT2D eigenvalue weighted by atomic mass is 32.1. The molecule has 6 nitrogen and oxygen atoms in total. The standard InChI is InChI=1S/C20H23N3O3S/c1-14(2)13-26-17-10-8-16(9-11-17)19(25)21-20(27)23-22-18(24)12-15-6-4-3-5-7-15/h3-11,14H,12-13H2,1-2H3,(H,22,24)(H2,21,23,25,27). The van der Waals surface area contributed by atoms with Crippen LogP contribution in [0.15, 0.2) is 54.6 Å². The van der Waals surface area contributed by atoms with E-state index in [1.54, 1.807) is 24.3 Å². The van der Waals surface area contributed by atoms with E-state index in [1.807, 2.05) is 30.3 Å². The summed E-state index contributed by atoms with van der Waals surface area (Å²) in [7, 11) is 0. The van der Waals surface area contributed by atoms with Gasteiger partial charge in [-0.3, -0.25) is 25.8 Å². The fraction of sp³-hybridized carbons (Fsp3) is 0.250. The van der Waals surface area contributed by atoms with Crippen molar-refractivity contribution in [1.82, 2.24) is 16.2 Å². The van der Waals surface area contributed by atoms with Crippen LogP contribution in [-0.2, 0) is 11.2 Å². The van der Waals surface area contributed by atoms with Crippen molar-refractivity contribution in [2.75, 3.05) is 6.61 Å². The highest BCUT2D eigenvalue weighted by Gasteiger charge is 2.09. The van der Waals surface area contributed by atoms with Gasteiger partial charge in [0.1, 0.15) is 5.75 Å². The Morgan fingerprint density at radius 1 is 1.00 bits per heavy atom. The number of carbonyl (C=O) groups is 2. The predicted octanol–water partition coefficient (Wildman–Crippen LogP) is 2.60. The summed E-state index contributed by atoms with van der Waals surface area (Å²) in [6, 6.07) is 16.1. The molecule has 0 fully saturated rings. The molecule has 0 saturated carbocycles. The van der Waals surface area contributed by atoms with Crippen LogP contribution in [0, 0.1) is 5.92 Å². The molecule has 0 aliphatic carbocycles. The van der Waals surface area contributed by atoms with Gasteiger partial charge in [0.25, 0.3) is 5.91 Å². The molecule has 7 heteroatoms. The molecule has 2 aromatic rings. The number of hydrogen-bond acceptors (Lipinski definition) is 4. The first-order valence-electron chi connectivity index (χ1n) is 8.61. The SMILES string of the molecule is CC(C)COc1ccc(C(=O)NC(=S)NNC(=O)Cc2ccccc2)cc1. The van der Waals surface area contributed by atoms with Crippen LogP contribution in [0.25, 0.3) is 0 Å². The molecule has 142 valence electrons. The van der Waals surface area contributed by atoms with Gasteiger partial charge < -0.3 is 4.74 Å². The van der Waals surface area contributed by atoms with Crippen molar-refractivity contribution in [1.29, 1.82) is 0 Å². The molecule has 27 heavy (non-hydrogen) atoms. The first kappa shape index (κ1) is 20.4. The molecule has 0 aromatic heterocycles. The number of thiocarbonyl (C=S) groups is 1. The van der Waals surface area contributed by atoms with Crippen molar-refractivity contribution in [3.05, 3.63) is 65.7 Å². The van der Waals surface area contributed by atoms with E-state index >= 15 is 0 Å². The second-order valence-electron chi connectivity index (χ2n) is 6.35. The smallest absolute Gasteiger partial charge is 0.257 e. The Hall–Kier alpha value is -2.93. The minimum atomic E-state index is -0.375. The molecular weight excluding hydrogens is 362 g/mol. The monoisotopic (exact) mass is 385 g/mol. The lowest BCUT2D eigenvalue weighted by molar-refractivity contribution is -0.121. The molecule has 0 heterocycles. The minimum absolute atomic E-state index is 0.0153. The summed E-state index contributed by atoms with van der Waals surface area (Å²) >= 11 is 5.03. The predicted molar refractivity (Wildman–Crippen MR) is 108 cm³/mol. The van der Waals surface area contributed by atoms with Gasteiger partial charge in [0.2, 0.25) is 5.91 Å². The van der Waals surface area contributed by atoms with Gasteiger partial charge in [-0.05, 0) is 48.0 Å². The van der Waals surface area contributed by atoms with Crippen LogP contribution in [0.3, 0.4) is 0 Å². The average Bonchev–Trinajstić information content (AvgIpc) is 2.66. The maximum absolute atomic E-state index is 12.2. The Morgan fingerprint density at radius 2 is 1.67 bits per heavy atom. The van der Waals surface area contributed by atoms with Crippen molar-refractivity contribution in [2.24, 2.45) is 5.92 Å². The van der Waals surface area contributed by atoms with Gasteiger partial charge >= 0.3 is 0 Å². The van der Waals surface area contributed by atoms with Crippen LogP contribution in [0.2, 0.25) is 0 Å². The van der Waals surface area contributed by atoms with Crippen LogP contribution in [0.4, 0.5) is 0 Å². The first-order valence-corrected chi connectivity index (χ1v) is 9.02. The molecule has 3 N–H and O–H groups in total. The minimum Gasteiger partial charge on any atom is -0.493 e. The second-order valence-corrected chi connectivity index (χ2v) is 6.76. The van der Waals surface area contributed by atoms with Gasteiger partial charge in [0.15, 0.2) is 5.11 Å². The van der Waals surface area contributed by atoms with E-state index in [2.05, 4.69) is 30.0 Å². The van der Waals surface area contributed by atoms with E-state index in [0.717, 1.165) is 5.56 Å². The maximum Gasteiger partial charge on any atom is 0.257 e. The number of hydrogen-bond donors (Lipinski definition) is 3. The Labute approximate surface area is 164 Å². The quantitative estimate of drug-likeness (QED) is 0.526. The molecule has 0 atom stereocenters. The van der Waals surface area contributed by atoms with Gasteiger partial charge in [-0.2, -0.15) is 0 Å². The number of rotatable bonds is 6. The van der Waals surface area contributed by atoms with Gasteiger partial charge in [-0.25, -0.2) is 0 Å². The third-order valence-electron chi connectivity index (χ3n) is 3.45. The van der Waals surface area contributed by atoms with E-state index in [-0.39, 0.29) is 23.3 Å². The largest absolute Gasteiger partial charge is 0.493 e. The maximum atomic E-state index is 12.2. The van der Waals surface area contributed by atoms with Gasteiger partial charge in [0, 0.05) is 5.56 Å². The summed E-state index contributed by atoms with van der Waals surface area (Å²) in [5, 5.41) is 2.53. The van der Waals surface area contributed by atoms with Gasteiger partial charge in [-0.15, -0.1) is 0 Å². The molecule has 0 aliphatic heterocycles. The first-order chi connectivity index (χ1) is 12.9. The summed E-state index contributed by atoms with van der Waals surface area (Å²) < 4.78 is 5.58. The fourth-order valence-corrected chi connectivity index (χ4v) is 2.27. The molecule has 0 spiro atoms.